The Morgan fingerprint density at radius 2 is 1.96 bits per heavy atom. The summed E-state index contributed by atoms with van der Waals surface area (Å²) in [5, 5.41) is 17.0. The van der Waals surface area contributed by atoms with Crippen molar-refractivity contribution in [3.63, 3.8) is 0 Å². The first-order chi connectivity index (χ1) is 11.6. The van der Waals surface area contributed by atoms with Crippen LogP contribution in [0.2, 0.25) is 0 Å². The Kier molecular flexibility index (Phi) is 6.18. The van der Waals surface area contributed by atoms with Gasteiger partial charge >= 0.3 is 0 Å². The van der Waals surface area contributed by atoms with E-state index in [2.05, 4.69) is 10.4 Å². The van der Waals surface area contributed by atoms with E-state index in [1.54, 1.807) is 42.3 Å². The number of ether oxygens (including phenoxy) is 2. The molecule has 1 N–H and O–H groups in total. The quantitative estimate of drug-likeness (QED) is 0.714. The van der Waals surface area contributed by atoms with Gasteiger partial charge in [-0.25, -0.2) is 0 Å². The average molecular weight is 332 g/mol. The lowest BCUT2D eigenvalue weighted by Crippen LogP contribution is -2.22. The molecule has 0 aliphatic carbocycles. The number of anilines is 1. The summed E-state index contributed by atoms with van der Waals surface area (Å²) in [6.45, 7) is 0.300. The number of hydrogen-bond donors (Lipinski definition) is 1. The van der Waals surface area contributed by atoms with Crippen LogP contribution in [0, 0.1) is 0 Å². The summed E-state index contributed by atoms with van der Waals surface area (Å²) < 4.78 is 12.0. The summed E-state index contributed by atoms with van der Waals surface area (Å²) in [6, 6.07) is 6.90. The molecule has 2 rings (SSSR count). The number of carbonyl (C=O) groups excluding carboxylic acids is 2. The summed E-state index contributed by atoms with van der Waals surface area (Å²) in [7, 11) is 1.57. The third-order valence-corrected chi connectivity index (χ3v) is 3.11. The Morgan fingerprint density at radius 3 is 2.62 bits per heavy atom. The van der Waals surface area contributed by atoms with Crippen LogP contribution in [0.5, 0.6) is 11.5 Å². The number of benzene rings is 1. The molecule has 1 aromatic carbocycles. The van der Waals surface area contributed by atoms with Crippen LogP contribution >= 0.6 is 0 Å². The molecule has 0 spiro atoms. The van der Waals surface area contributed by atoms with Crippen LogP contribution in [-0.4, -0.2) is 35.4 Å². The maximum Gasteiger partial charge on any atom is 0.262 e. The van der Waals surface area contributed by atoms with Crippen LogP contribution in [0.15, 0.2) is 36.7 Å². The van der Waals surface area contributed by atoms with Crippen LogP contribution < -0.4 is 19.9 Å². The van der Waals surface area contributed by atoms with Crippen molar-refractivity contribution in [1.82, 2.24) is 9.78 Å². The molecular weight excluding hydrogens is 314 g/mol. The number of carboxylic acid groups (broad SMARTS) is 1. The van der Waals surface area contributed by atoms with Gasteiger partial charge in [-0.05, 0) is 37.1 Å². The Hall–Kier alpha value is -3.03. The van der Waals surface area contributed by atoms with Gasteiger partial charge < -0.3 is 24.7 Å². The molecule has 0 atom stereocenters. The van der Waals surface area contributed by atoms with Crippen molar-refractivity contribution in [2.75, 3.05) is 19.0 Å². The number of nitrogens with zero attached hydrogens (tertiary/aromatic N) is 2. The highest BCUT2D eigenvalue weighted by molar-refractivity contribution is 5.91. The van der Waals surface area contributed by atoms with E-state index in [1.807, 2.05) is 0 Å². The zero-order chi connectivity index (χ0) is 17.4. The highest BCUT2D eigenvalue weighted by Crippen LogP contribution is 2.17. The maximum atomic E-state index is 11.8. The molecule has 0 saturated carbocycles. The molecule has 1 amide bonds. The summed E-state index contributed by atoms with van der Waals surface area (Å²) in [5.74, 6) is -0.145. The smallest absolute Gasteiger partial charge is 0.262 e. The molecule has 2 aromatic rings. The fourth-order valence-electron chi connectivity index (χ4n) is 1.95. The highest BCUT2D eigenvalue weighted by Gasteiger charge is 2.06. The minimum absolute atomic E-state index is 0.0305. The van der Waals surface area contributed by atoms with Gasteiger partial charge in [0.05, 0.1) is 19.0 Å². The fourth-order valence-corrected chi connectivity index (χ4v) is 1.95. The molecule has 0 bridgehead atoms. The Bertz CT molecular complexity index is 681. The van der Waals surface area contributed by atoms with Gasteiger partial charge in [0.2, 0.25) is 0 Å². The zero-order valence-corrected chi connectivity index (χ0v) is 13.2. The molecule has 0 unspecified atom stereocenters. The Morgan fingerprint density at radius 1 is 1.25 bits per heavy atom. The lowest BCUT2D eigenvalue weighted by atomic mass is 10.3. The van der Waals surface area contributed by atoms with E-state index in [0.717, 1.165) is 0 Å². The van der Waals surface area contributed by atoms with Gasteiger partial charge in [-0.1, -0.05) is 0 Å². The van der Waals surface area contributed by atoms with Crippen LogP contribution in [-0.2, 0) is 16.1 Å². The zero-order valence-electron chi connectivity index (χ0n) is 13.2. The summed E-state index contributed by atoms with van der Waals surface area (Å²) >= 11 is 0. The number of amides is 1. The number of aromatic nitrogens is 2. The van der Waals surface area contributed by atoms with Gasteiger partial charge in [0.15, 0.2) is 6.61 Å². The number of hydrogen-bond acceptors (Lipinski definition) is 6. The van der Waals surface area contributed by atoms with E-state index >= 15 is 0 Å². The van der Waals surface area contributed by atoms with Crippen LogP contribution in [0.4, 0.5) is 5.69 Å². The second kappa shape index (κ2) is 8.56. The third-order valence-electron chi connectivity index (χ3n) is 3.11. The maximum absolute atomic E-state index is 11.8. The number of carbonyl (C=O) groups is 2. The average Bonchev–Trinajstić information content (AvgIpc) is 3.00. The van der Waals surface area contributed by atoms with Gasteiger partial charge in [-0.15, -0.1) is 0 Å². The second-order valence-electron chi connectivity index (χ2n) is 4.98. The van der Waals surface area contributed by atoms with Crippen molar-refractivity contribution in [1.29, 1.82) is 0 Å². The van der Waals surface area contributed by atoms with E-state index in [-0.39, 0.29) is 18.9 Å². The standard InChI is InChI=1S/C16H19N3O5/c1-23-13-4-6-14(7-5-13)24-11-15(20)18-12-9-17-19(10-12)8-2-3-16(21)22/h4-7,9-10H,2-3,8,11H2,1H3,(H,18,20)(H,21,22)/p-1. The van der Waals surface area contributed by atoms with Crippen molar-refractivity contribution < 1.29 is 24.2 Å². The molecular formula is C16H18N3O5-. The van der Waals surface area contributed by atoms with Crippen molar-refractivity contribution >= 4 is 17.6 Å². The molecule has 0 fully saturated rings. The minimum Gasteiger partial charge on any atom is -0.550 e. The van der Waals surface area contributed by atoms with E-state index in [0.29, 0.717) is 30.2 Å². The Balaban J connectivity index is 1.75. The second-order valence-corrected chi connectivity index (χ2v) is 4.98. The molecule has 8 heteroatoms. The first-order valence-corrected chi connectivity index (χ1v) is 7.36. The van der Waals surface area contributed by atoms with Crippen LogP contribution in [0.1, 0.15) is 12.8 Å². The van der Waals surface area contributed by atoms with Crippen molar-refractivity contribution in [2.24, 2.45) is 0 Å². The molecule has 128 valence electrons. The molecule has 1 heterocycles. The van der Waals surface area contributed by atoms with E-state index in [9.17, 15) is 14.7 Å². The minimum atomic E-state index is -1.09. The number of rotatable bonds is 9. The normalized spacial score (nSPS) is 10.2. The first-order valence-electron chi connectivity index (χ1n) is 7.36. The van der Waals surface area contributed by atoms with E-state index in [4.69, 9.17) is 9.47 Å². The first kappa shape index (κ1) is 17.3. The van der Waals surface area contributed by atoms with Crippen molar-refractivity contribution in [2.45, 2.75) is 19.4 Å². The van der Waals surface area contributed by atoms with Crippen molar-refractivity contribution in [3.05, 3.63) is 36.7 Å². The predicted octanol–water partition coefficient (Wildman–Crippen LogP) is 0.439. The van der Waals surface area contributed by atoms with Crippen LogP contribution in [0.25, 0.3) is 0 Å². The third kappa shape index (κ3) is 5.64. The molecule has 0 aliphatic rings. The number of aliphatic carboxylic acids is 1. The fraction of sp³-hybridized carbons (Fsp3) is 0.312. The summed E-state index contributed by atoms with van der Waals surface area (Å²) in [4.78, 5) is 22.2. The predicted molar refractivity (Wildman–Crippen MR) is 83.6 cm³/mol. The summed E-state index contributed by atoms with van der Waals surface area (Å²) in [6.07, 6.45) is 3.50. The number of aryl methyl sites for hydroxylation is 1. The summed E-state index contributed by atoms with van der Waals surface area (Å²) in [5.41, 5.74) is 0.520. The van der Waals surface area contributed by atoms with Gasteiger partial charge in [0.1, 0.15) is 11.5 Å². The van der Waals surface area contributed by atoms with Gasteiger partial charge in [0, 0.05) is 18.7 Å². The van der Waals surface area contributed by atoms with Gasteiger partial charge in [-0.3, -0.25) is 9.48 Å². The molecule has 1 aromatic heterocycles. The molecule has 0 radical (unpaired) electrons. The van der Waals surface area contributed by atoms with E-state index in [1.165, 1.54) is 6.20 Å². The van der Waals surface area contributed by atoms with E-state index < -0.39 is 5.97 Å². The van der Waals surface area contributed by atoms with Crippen molar-refractivity contribution in [3.8, 4) is 11.5 Å². The van der Waals surface area contributed by atoms with Crippen LogP contribution in [0.3, 0.4) is 0 Å². The molecule has 0 saturated heterocycles. The largest absolute Gasteiger partial charge is 0.550 e. The highest BCUT2D eigenvalue weighted by atomic mass is 16.5. The monoisotopic (exact) mass is 332 g/mol. The number of carboxylic acids is 1. The SMILES string of the molecule is COc1ccc(OCC(=O)Nc2cnn(CCCC(=O)[O-])c2)cc1. The lowest BCUT2D eigenvalue weighted by molar-refractivity contribution is -0.305. The Labute approximate surface area is 139 Å². The molecule has 0 aliphatic heterocycles. The number of nitrogens with one attached hydrogen (secondary N) is 1. The lowest BCUT2D eigenvalue weighted by Gasteiger charge is -2.07. The topological polar surface area (TPSA) is 106 Å². The molecule has 8 nitrogen and oxygen atoms in total. The number of methoxy groups -OCH3 is 1. The van der Waals surface area contributed by atoms with Gasteiger partial charge in [0.25, 0.3) is 5.91 Å². The molecule has 24 heavy (non-hydrogen) atoms. The van der Waals surface area contributed by atoms with Gasteiger partial charge in [-0.2, -0.15) is 5.10 Å².